The van der Waals surface area contributed by atoms with E-state index in [1.807, 2.05) is 0 Å². The summed E-state index contributed by atoms with van der Waals surface area (Å²) in [6.45, 7) is 2.82. The number of aromatic amines is 1. The van der Waals surface area contributed by atoms with Gasteiger partial charge in [0, 0.05) is 30.1 Å². The molecule has 1 heterocycles. The molecule has 1 unspecified atom stereocenters. The summed E-state index contributed by atoms with van der Waals surface area (Å²) >= 11 is 0. The molecule has 1 amide bonds. The highest BCUT2D eigenvalue weighted by molar-refractivity contribution is 5.86. The van der Waals surface area contributed by atoms with Gasteiger partial charge < -0.3 is 10.3 Å². The minimum atomic E-state index is 0.165. The highest BCUT2D eigenvalue weighted by Crippen LogP contribution is 2.35. The maximum Gasteiger partial charge on any atom is 0.220 e. The van der Waals surface area contributed by atoms with Crippen LogP contribution in [0.15, 0.2) is 48.7 Å². The second-order valence-electron chi connectivity index (χ2n) is 7.05. The van der Waals surface area contributed by atoms with Gasteiger partial charge in [0.25, 0.3) is 0 Å². The minimum Gasteiger partial charge on any atom is -0.361 e. The van der Waals surface area contributed by atoms with Crippen molar-refractivity contribution in [3.05, 3.63) is 70.9 Å². The van der Waals surface area contributed by atoms with Crippen molar-refractivity contribution in [3.8, 4) is 0 Å². The summed E-state index contributed by atoms with van der Waals surface area (Å²) in [5, 5.41) is 4.40. The number of aryl methyl sites for hydroxylation is 2. The Kier molecular flexibility index (Phi) is 4.31. The molecule has 0 spiro atoms. The van der Waals surface area contributed by atoms with E-state index in [2.05, 4.69) is 65.9 Å². The van der Waals surface area contributed by atoms with E-state index in [0.29, 0.717) is 18.9 Å². The quantitative estimate of drug-likeness (QED) is 0.720. The Hall–Kier alpha value is -2.55. The predicted molar refractivity (Wildman–Crippen MR) is 102 cm³/mol. The van der Waals surface area contributed by atoms with Gasteiger partial charge in [0.05, 0.1) is 0 Å². The number of carbonyl (C=O) groups excluding carboxylic acids is 1. The molecular weight excluding hydrogens is 308 g/mol. The summed E-state index contributed by atoms with van der Waals surface area (Å²) < 4.78 is 0. The average molecular weight is 332 g/mol. The molecule has 3 nitrogen and oxygen atoms in total. The number of amides is 1. The normalized spacial score (nSPS) is 16.1. The third-order valence-corrected chi connectivity index (χ3v) is 5.40. The van der Waals surface area contributed by atoms with Crippen LogP contribution < -0.4 is 5.32 Å². The molecule has 25 heavy (non-hydrogen) atoms. The number of fused-ring (bicyclic) bond motifs is 2. The van der Waals surface area contributed by atoms with E-state index in [1.54, 1.807) is 0 Å². The first-order valence-electron chi connectivity index (χ1n) is 9.12. The van der Waals surface area contributed by atoms with Gasteiger partial charge >= 0.3 is 0 Å². The molecule has 1 atom stereocenters. The first kappa shape index (κ1) is 15.9. The fourth-order valence-corrected chi connectivity index (χ4v) is 4.14. The Bertz CT molecular complexity index is 909. The molecule has 128 valence electrons. The van der Waals surface area contributed by atoms with Crippen LogP contribution in [0.1, 0.15) is 41.0 Å². The summed E-state index contributed by atoms with van der Waals surface area (Å²) in [5.74, 6) is 0.546. The van der Waals surface area contributed by atoms with Crippen molar-refractivity contribution in [2.75, 3.05) is 6.54 Å². The molecule has 2 aromatic carbocycles. The number of nitrogens with one attached hydrogen (secondary N) is 2. The van der Waals surface area contributed by atoms with E-state index >= 15 is 0 Å². The molecule has 0 saturated carbocycles. The van der Waals surface area contributed by atoms with Crippen molar-refractivity contribution in [2.45, 2.75) is 38.5 Å². The van der Waals surface area contributed by atoms with Crippen LogP contribution in [0.2, 0.25) is 0 Å². The van der Waals surface area contributed by atoms with Crippen LogP contribution in [0.4, 0.5) is 0 Å². The van der Waals surface area contributed by atoms with Gasteiger partial charge in [0.2, 0.25) is 5.91 Å². The lowest BCUT2D eigenvalue weighted by Crippen LogP contribution is -2.26. The number of hydrogen-bond donors (Lipinski definition) is 2. The predicted octanol–water partition coefficient (Wildman–Crippen LogP) is 4.26. The minimum absolute atomic E-state index is 0.165. The molecule has 0 fully saturated rings. The fourth-order valence-electron chi connectivity index (χ4n) is 4.14. The molecule has 1 aliphatic rings. The molecule has 4 rings (SSSR count). The number of hydrogen-bond acceptors (Lipinski definition) is 1. The lowest BCUT2D eigenvalue weighted by atomic mass is 9.97. The zero-order chi connectivity index (χ0) is 17.2. The van der Waals surface area contributed by atoms with Gasteiger partial charge in [-0.25, -0.2) is 0 Å². The third kappa shape index (κ3) is 3.19. The number of carbonyl (C=O) groups is 1. The lowest BCUT2D eigenvalue weighted by Gasteiger charge is -2.12. The SMILES string of the molecule is Cc1cccc2[nH]cc(CCNC(=O)CC3CCc4ccccc43)c12. The summed E-state index contributed by atoms with van der Waals surface area (Å²) in [5.41, 5.74) is 6.51. The second-order valence-corrected chi connectivity index (χ2v) is 7.05. The van der Waals surface area contributed by atoms with E-state index in [0.717, 1.165) is 19.3 Å². The summed E-state index contributed by atoms with van der Waals surface area (Å²) in [6, 6.07) is 14.8. The largest absolute Gasteiger partial charge is 0.361 e. The van der Waals surface area contributed by atoms with Crippen LogP contribution in [0.3, 0.4) is 0 Å². The van der Waals surface area contributed by atoms with Crippen molar-refractivity contribution in [1.29, 1.82) is 0 Å². The maximum absolute atomic E-state index is 12.3. The molecule has 1 aromatic heterocycles. The van der Waals surface area contributed by atoms with E-state index < -0.39 is 0 Å². The van der Waals surface area contributed by atoms with Crippen LogP contribution in [-0.2, 0) is 17.6 Å². The molecular formula is C22H24N2O. The topological polar surface area (TPSA) is 44.9 Å². The van der Waals surface area contributed by atoms with Crippen LogP contribution in [-0.4, -0.2) is 17.4 Å². The third-order valence-electron chi connectivity index (χ3n) is 5.40. The number of H-pyrrole nitrogens is 1. The Morgan fingerprint density at radius 2 is 2.08 bits per heavy atom. The van der Waals surface area contributed by atoms with Crippen LogP contribution >= 0.6 is 0 Å². The molecule has 1 aliphatic carbocycles. The first-order chi connectivity index (χ1) is 12.2. The van der Waals surface area contributed by atoms with Crippen LogP contribution in [0.25, 0.3) is 10.9 Å². The lowest BCUT2D eigenvalue weighted by molar-refractivity contribution is -0.121. The smallest absolute Gasteiger partial charge is 0.220 e. The zero-order valence-electron chi connectivity index (χ0n) is 14.6. The van der Waals surface area contributed by atoms with Crippen molar-refractivity contribution in [1.82, 2.24) is 10.3 Å². The Balaban J connectivity index is 1.34. The summed E-state index contributed by atoms with van der Waals surface area (Å²) in [7, 11) is 0. The van der Waals surface area contributed by atoms with Gasteiger partial charge in [-0.2, -0.15) is 0 Å². The van der Waals surface area contributed by atoms with Gasteiger partial charge in [-0.3, -0.25) is 4.79 Å². The van der Waals surface area contributed by atoms with E-state index in [4.69, 9.17) is 0 Å². The van der Waals surface area contributed by atoms with Gasteiger partial charge in [0.1, 0.15) is 0 Å². The average Bonchev–Trinajstić information content (AvgIpc) is 3.21. The Morgan fingerprint density at radius 1 is 1.20 bits per heavy atom. The second kappa shape index (κ2) is 6.75. The Morgan fingerprint density at radius 3 is 3.00 bits per heavy atom. The Labute approximate surface area is 148 Å². The van der Waals surface area contributed by atoms with Gasteiger partial charge in [-0.05, 0) is 60.4 Å². The highest BCUT2D eigenvalue weighted by Gasteiger charge is 2.23. The van der Waals surface area contributed by atoms with Gasteiger partial charge in [0.15, 0.2) is 0 Å². The molecule has 0 bridgehead atoms. The monoisotopic (exact) mass is 332 g/mol. The molecule has 2 N–H and O–H groups in total. The summed E-state index contributed by atoms with van der Waals surface area (Å²) in [6.07, 6.45) is 5.72. The van der Waals surface area contributed by atoms with Crippen molar-refractivity contribution >= 4 is 16.8 Å². The molecule has 3 aromatic rings. The van der Waals surface area contributed by atoms with Crippen LogP contribution in [0, 0.1) is 6.92 Å². The standard InChI is InChI=1S/C22H24N2O/c1-15-5-4-8-20-22(15)18(14-24-20)11-12-23-21(25)13-17-10-9-16-6-2-3-7-19(16)17/h2-8,14,17,24H,9-13H2,1H3,(H,23,25). The van der Waals surface area contributed by atoms with Crippen molar-refractivity contribution in [2.24, 2.45) is 0 Å². The van der Waals surface area contributed by atoms with E-state index in [-0.39, 0.29) is 5.91 Å². The molecule has 0 aliphatic heterocycles. The number of aromatic nitrogens is 1. The first-order valence-corrected chi connectivity index (χ1v) is 9.12. The van der Waals surface area contributed by atoms with Crippen molar-refractivity contribution in [3.63, 3.8) is 0 Å². The van der Waals surface area contributed by atoms with Crippen LogP contribution in [0.5, 0.6) is 0 Å². The molecule has 3 heteroatoms. The van der Waals surface area contributed by atoms with E-state index in [1.165, 1.54) is 33.2 Å². The number of benzene rings is 2. The zero-order valence-corrected chi connectivity index (χ0v) is 14.6. The fraction of sp³-hybridized carbons (Fsp3) is 0.318. The molecule has 0 radical (unpaired) electrons. The van der Waals surface area contributed by atoms with E-state index in [9.17, 15) is 4.79 Å². The molecule has 0 saturated heterocycles. The maximum atomic E-state index is 12.3. The van der Waals surface area contributed by atoms with Crippen molar-refractivity contribution < 1.29 is 4.79 Å². The number of rotatable bonds is 5. The van der Waals surface area contributed by atoms with Gasteiger partial charge in [-0.15, -0.1) is 0 Å². The summed E-state index contributed by atoms with van der Waals surface area (Å²) in [4.78, 5) is 15.7. The van der Waals surface area contributed by atoms with Gasteiger partial charge in [-0.1, -0.05) is 36.4 Å². The highest BCUT2D eigenvalue weighted by atomic mass is 16.1.